The van der Waals surface area contributed by atoms with Gasteiger partial charge in [-0.25, -0.2) is 0 Å². The van der Waals surface area contributed by atoms with Crippen LogP contribution in [0.3, 0.4) is 0 Å². The number of nitrogens with zero attached hydrogens (tertiary/aromatic N) is 2. The first-order valence-corrected chi connectivity index (χ1v) is 8.08. The first kappa shape index (κ1) is 14.4. The number of benzene rings is 1. The minimum absolute atomic E-state index is 0.303. The maximum atomic E-state index is 12.4. The van der Waals surface area contributed by atoms with E-state index < -0.39 is 0 Å². The van der Waals surface area contributed by atoms with E-state index in [2.05, 4.69) is 9.80 Å². The third-order valence-electron chi connectivity index (χ3n) is 4.80. The summed E-state index contributed by atoms with van der Waals surface area (Å²) in [6, 6.07) is 8.44. The molecule has 0 aromatic heterocycles. The van der Waals surface area contributed by atoms with Crippen molar-refractivity contribution in [3.63, 3.8) is 0 Å². The van der Waals surface area contributed by atoms with E-state index in [9.17, 15) is 4.79 Å². The molecular weight excluding hydrogens is 262 g/mol. The number of rotatable bonds is 3. The largest absolute Gasteiger partial charge is 0.399 e. The van der Waals surface area contributed by atoms with Crippen LogP contribution < -0.4 is 5.73 Å². The Hall–Kier alpha value is -1.55. The molecule has 0 radical (unpaired) electrons. The molecule has 1 atom stereocenters. The number of piperidine rings is 1. The highest BCUT2D eigenvalue weighted by atomic mass is 16.2. The maximum absolute atomic E-state index is 12.4. The fraction of sp³-hybridized carbons (Fsp3) is 0.588. The van der Waals surface area contributed by atoms with Crippen molar-refractivity contribution in [2.75, 3.05) is 31.9 Å². The minimum Gasteiger partial charge on any atom is -0.399 e. The second kappa shape index (κ2) is 6.48. The van der Waals surface area contributed by atoms with Gasteiger partial charge in [0.1, 0.15) is 0 Å². The molecule has 4 heteroatoms. The van der Waals surface area contributed by atoms with Crippen LogP contribution in [-0.2, 0) is 11.2 Å². The van der Waals surface area contributed by atoms with Crippen molar-refractivity contribution >= 4 is 11.6 Å². The van der Waals surface area contributed by atoms with Gasteiger partial charge in [-0.2, -0.15) is 0 Å². The Morgan fingerprint density at radius 1 is 1.14 bits per heavy atom. The van der Waals surface area contributed by atoms with E-state index in [0.29, 0.717) is 18.4 Å². The predicted molar refractivity (Wildman–Crippen MR) is 85.0 cm³/mol. The average molecular weight is 287 g/mol. The molecule has 0 bridgehead atoms. The van der Waals surface area contributed by atoms with E-state index in [1.807, 2.05) is 24.3 Å². The van der Waals surface area contributed by atoms with Gasteiger partial charge in [0, 0.05) is 37.8 Å². The quantitative estimate of drug-likeness (QED) is 0.864. The molecule has 1 aromatic rings. The van der Waals surface area contributed by atoms with E-state index in [0.717, 1.165) is 31.7 Å². The molecule has 2 heterocycles. The molecule has 1 aromatic carbocycles. The smallest absolute Gasteiger partial charge is 0.222 e. The zero-order valence-electron chi connectivity index (χ0n) is 12.6. The molecule has 0 aliphatic carbocycles. The van der Waals surface area contributed by atoms with Crippen LogP contribution in [0, 0.1) is 0 Å². The van der Waals surface area contributed by atoms with Crippen LogP contribution in [0.1, 0.15) is 31.2 Å². The molecule has 2 aliphatic rings. The topological polar surface area (TPSA) is 49.6 Å². The summed E-state index contributed by atoms with van der Waals surface area (Å²) in [5.41, 5.74) is 7.65. The Morgan fingerprint density at radius 2 is 1.95 bits per heavy atom. The molecule has 3 rings (SSSR count). The lowest BCUT2D eigenvalue weighted by Gasteiger charge is -2.44. The summed E-state index contributed by atoms with van der Waals surface area (Å²) in [6.07, 6.45) is 5.30. The van der Waals surface area contributed by atoms with Gasteiger partial charge in [0.2, 0.25) is 5.91 Å². The van der Waals surface area contributed by atoms with Crippen molar-refractivity contribution in [1.82, 2.24) is 9.80 Å². The normalized spacial score (nSPS) is 22.9. The molecule has 2 N–H and O–H groups in total. The van der Waals surface area contributed by atoms with Crippen molar-refractivity contribution in [1.29, 1.82) is 0 Å². The number of nitrogens with two attached hydrogens (primary N) is 1. The Kier molecular flexibility index (Phi) is 4.44. The number of aryl methyl sites for hydroxylation is 1. The Balaban J connectivity index is 1.50. The third-order valence-corrected chi connectivity index (χ3v) is 4.80. The summed E-state index contributed by atoms with van der Waals surface area (Å²) >= 11 is 0. The Bertz CT molecular complexity index is 485. The lowest BCUT2D eigenvalue weighted by Crippen LogP contribution is -2.56. The van der Waals surface area contributed by atoms with Gasteiger partial charge in [0.15, 0.2) is 0 Å². The zero-order valence-corrected chi connectivity index (χ0v) is 12.6. The number of carbonyl (C=O) groups excluding carboxylic acids is 1. The van der Waals surface area contributed by atoms with Gasteiger partial charge in [0.05, 0.1) is 0 Å². The van der Waals surface area contributed by atoms with Crippen molar-refractivity contribution in [2.24, 2.45) is 0 Å². The van der Waals surface area contributed by atoms with Crippen molar-refractivity contribution in [3.8, 4) is 0 Å². The first-order valence-electron chi connectivity index (χ1n) is 8.08. The van der Waals surface area contributed by atoms with Crippen LogP contribution in [0.4, 0.5) is 5.69 Å². The number of anilines is 1. The van der Waals surface area contributed by atoms with E-state index in [4.69, 9.17) is 5.73 Å². The number of piperazine rings is 1. The lowest BCUT2D eigenvalue weighted by atomic mass is 9.99. The second-order valence-corrected chi connectivity index (χ2v) is 6.27. The minimum atomic E-state index is 0.303. The van der Waals surface area contributed by atoms with Crippen LogP contribution in [0.25, 0.3) is 0 Å². The molecule has 1 unspecified atom stereocenters. The Morgan fingerprint density at radius 3 is 2.76 bits per heavy atom. The molecule has 0 spiro atoms. The number of hydrogen-bond acceptors (Lipinski definition) is 3. The number of amides is 1. The number of fused-ring (bicyclic) bond motifs is 1. The highest BCUT2D eigenvalue weighted by Gasteiger charge is 2.30. The third kappa shape index (κ3) is 3.56. The van der Waals surface area contributed by atoms with Crippen molar-refractivity contribution in [3.05, 3.63) is 29.8 Å². The summed E-state index contributed by atoms with van der Waals surface area (Å²) in [5.74, 6) is 0.303. The average Bonchev–Trinajstić information content (AvgIpc) is 2.53. The van der Waals surface area contributed by atoms with Gasteiger partial charge in [-0.15, -0.1) is 0 Å². The van der Waals surface area contributed by atoms with Gasteiger partial charge in [-0.05, 0) is 43.5 Å². The molecule has 1 amide bonds. The maximum Gasteiger partial charge on any atom is 0.222 e. The van der Waals surface area contributed by atoms with Gasteiger partial charge in [-0.3, -0.25) is 9.69 Å². The van der Waals surface area contributed by atoms with Crippen LogP contribution in [0.5, 0.6) is 0 Å². The monoisotopic (exact) mass is 287 g/mol. The van der Waals surface area contributed by atoms with Crippen LogP contribution in [-0.4, -0.2) is 47.9 Å². The SMILES string of the molecule is Nc1ccc(CCC(=O)N2CCN3CCCCC3C2)cc1. The summed E-state index contributed by atoms with van der Waals surface area (Å²) < 4.78 is 0. The molecule has 114 valence electrons. The molecule has 21 heavy (non-hydrogen) atoms. The molecule has 4 nitrogen and oxygen atoms in total. The van der Waals surface area contributed by atoms with Crippen LogP contribution >= 0.6 is 0 Å². The number of nitrogen functional groups attached to an aromatic ring is 1. The molecular formula is C17H25N3O. The lowest BCUT2D eigenvalue weighted by molar-refractivity contribution is -0.134. The molecule has 2 fully saturated rings. The molecule has 2 saturated heterocycles. The molecule has 0 saturated carbocycles. The summed E-state index contributed by atoms with van der Waals surface area (Å²) in [5, 5.41) is 0. The highest BCUT2D eigenvalue weighted by Crippen LogP contribution is 2.21. The van der Waals surface area contributed by atoms with E-state index in [1.54, 1.807) is 0 Å². The Labute approximate surface area is 126 Å². The fourth-order valence-corrected chi connectivity index (χ4v) is 3.48. The van der Waals surface area contributed by atoms with Crippen molar-refractivity contribution in [2.45, 2.75) is 38.1 Å². The number of carbonyl (C=O) groups is 1. The van der Waals surface area contributed by atoms with E-state index in [-0.39, 0.29) is 0 Å². The summed E-state index contributed by atoms with van der Waals surface area (Å²) in [6.45, 7) is 4.11. The summed E-state index contributed by atoms with van der Waals surface area (Å²) in [4.78, 5) is 17.0. The van der Waals surface area contributed by atoms with Crippen LogP contribution in [0.2, 0.25) is 0 Å². The van der Waals surface area contributed by atoms with Gasteiger partial charge in [0.25, 0.3) is 0 Å². The first-order chi connectivity index (χ1) is 10.2. The molecule has 2 aliphatic heterocycles. The van der Waals surface area contributed by atoms with Gasteiger partial charge in [-0.1, -0.05) is 18.6 Å². The van der Waals surface area contributed by atoms with Crippen LogP contribution in [0.15, 0.2) is 24.3 Å². The van der Waals surface area contributed by atoms with E-state index in [1.165, 1.54) is 31.4 Å². The fourth-order valence-electron chi connectivity index (χ4n) is 3.48. The predicted octanol–water partition coefficient (Wildman–Crippen LogP) is 1.90. The standard InChI is InChI=1S/C17H25N3O/c18-15-7-4-14(5-8-15)6-9-17(21)20-12-11-19-10-2-1-3-16(19)13-20/h4-5,7-8,16H,1-3,6,9-13,18H2. The summed E-state index contributed by atoms with van der Waals surface area (Å²) in [7, 11) is 0. The van der Waals surface area contributed by atoms with Crippen molar-refractivity contribution < 1.29 is 4.79 Å². The van der Waals surface area contributed by atoms with E-state index >= 15 is 0 Å². The highest BCUT2D eigenvalue weighted by molar-refractivity contribution is 5.76. The van der Waals surface area contributed by atoms with Gasteiger partial charge < -0.3 is 10.6 Å². The zero-order chi connectivity index (χ0) is 14.7. The van der Waals surface area contributed by atoms with Gasteiger partial charge >= 0.3 is 0 Å². The number of hydrogen-bond donors (Lipinski definition) is 1. The second-order valence-electron chi connectivity index (χ2n) is 6.27.